The molecule has 0 bridgehead atoms. The fraction of sp³-hybridized carbons (Fsp3) is 1.00. The van der Waals surface area contributed by atoms with Crippen molar-refractivity contribution in [3.63, 3.8) is 0 Å². The maximum atomic E-state index is 5.10. The lowest BCUT2D eigenvalue weighted by atomic mass is 10.9. The van der Waals surface area contributed by atoms with Crippen molar-refractivity contribution in [2.24, 2.45) is 0 Å². The van der Waals surface area contributed by atoms with Gasteiger partial charge in [0.25, 0.3) is 0 Å². The number of hydrogen-bond acceptors (Lipinski definition) is 0. The largest absolute Gasteiger partial charge is 0.412 e. The summed E-state index contributed by atoms with van der Waals surface area (Å²) in [4.78, 5) is -0.812. The zero-order valence-electron chi connectivity index (χ0n) is 5.34. The molecule has 0 heterocycles. The third-order valence-corrected chi connectivity index (χ3v) is 2.10. The monoisotopic (exact) mass is 282 g/mol. The Hall–Kier alpha value is 1.70. The first-order valence-electron chi connectivity index (χ1n) is 2.22. The zero-order valence-corrected chi connectivity index (χ0v) is 9.87. The van der Waals surface area contributed by atoms with E-state index in [1.54, 1.807) is 0 Å². The molecule has 0 radical (unpaired) electrons. The highest BCUT2D eigenvalue weighted by Crippen LogP contribution is 2.01. The second kappa shape index (κ2) is 14.2. The summed E-state index contributed by atoms with van der Waals surface area (Å²) >= 11 is 30.5. The summed E-state index contributed by atoms with van der Waals surface area (Å²) in [5.74, 6) is 0.617. The van der Waals surface area contributed by atoms with E-state index in [1.807, 2.05) is 0 Å². The molecule has 0 unspecified atom stereocenters. The van der Waals surface area contributed by atoms with Crippen LogP contribution >= 0.6 is 69.6 Å². The van der Waals surface area contributed by atoms with E-state index < -0.39 is 9.67 Å². The SMILES string of the molecule is ClCC(Cl)Cl.ClCC(Cl)Cl.O. The smallest absolute Gasteiger partial charge is 0.121 e. The molecule has 0 aliphatic heterocycles. The first-order valence-corrected chi connectivity index (χ1v) is 5.04. The van der Waals surface area contributed by atoms with Gasteiger partial charge in [-0.15, -0.1) is 69.6 Å². The van der Waals surface area contributed by atoms with E-state index in [9.17, 15) is 0 Å². The Morgan fingerprint density at radius 3 is 0.818 bits per heavy atom. The van der Waals surface area contributed by atoms with Gasteiger partial charge in [-0.1, -0.05) is 0 Å². The van der Waals surface area contributed by atoms with E-state index in [2.05, 4.69) is 0 Å². The molecule has 72 valence electrons. The molecule has 0 rings (SSSR count). The molecule has 0 spiro atoms. The van der Waals surface area contributed by atoms with Gasteiger partial charge in [0.2, 0.25) is 0 Å². The molecule has 0 fully saturated rings. The van der Waals surface area contributed by atoms with Gasteiger partial charge in [-0.3, -0.25) is 0 Å². The highest BCUT2D eigenvalue weighted by molar-refractivity contribution is 6.47. The molecular weight excluding hydrogens is 277 g/mol. The van der Waals surface area contributed by atoms with Gasteiger partial charge < -0.3 is 5.48 Å². The maximum Gasteiger partial charge on any atom is 0.121 e. The molecule has 0 aliphatic rings. The molecule has 0 saturated heterocycles. The summed E-state index contributed by atoms with van der Waals surface area (Å²) in [6, 6.07) is 0. The lowest BCUT2D eigenvalue weighted by Gasteiger charge is -1.82. The standard InChI is InChI=1S/2C2H3Cl3.H2O/c2*3-1-2(4)5;/h2*2H,1H2;1H2. The summed E-state index contributed by atoms with van der Waals surface area (Å²) in [6.07, 6.45) is 0. The summed E-state index contributed by atoms with van der Waals surface area (Å²) in [7, 11) is 0. The molecule has 0 amide bonds. The van der Waals surface area contributed by atoms with Crippen LogP contribution in [0.15, 0.2) is 0 Å². The predicted molar refractivity (Wildman–Crippen MR) is 56.0 cm³/mol. The Kier molecular flexibility index (Phi) is 23.9. The van der Waals surface area contributed by atoms with Crippen molar-refractivity contribution < 1.29 is 5.48 Å². The zero-order chi connectivity index (χ0) is 8.57. The van der Waals surface area contributed by atoms with Crippen LogP contribution in [0.3, 0.4) is 0 Å². The van der Waals surface area contributed by atoms with Gasteiger partial charge in [0.05, 0.1) is 11.8 Å². The molecule has 2 N–H and O–H groups in total. The average molecular weight is 285 g/mol. The predicted octanol–water partition coefficient (Wildman–Crippen LogP) is 3.23. The van der Waals surface area contributed by atoms with Gasteiger partial charge in [0, 0.05) is 0 Å². The summed E-state index contributed by atoms with van der Waals surface area (Å²) in [5, 5.41) is 0. The summed E-state index contributed by atoms with van der Waals surface area (Å²) in [5.41, 5.74) is 0. The molecular formula is C4H8Cl6O. The molecule has 0 aromatic rings. The highest BCUT2D eigenvalue weighted by Gasteiger charge is 1.89. The van der Waals surface area contributed by atoms with Gasteiger partial charge >= 0.3 is 0 Å². The van der Waals surface area contributed by atoms with Crippen LogP contribution in [-0.2, 0) is 0 Å². The lowest BCUT2D eigenvalue weighted by molar-refractivity contribution is 0.824. The topological polar surface area (TPSA) is 31.5 Å². The molecule has 0 atom stereocenters. The van der Waals surface area contributed by atoms with Crippen LogP contribution in [0.4, 0.5) is 0 Å². The minimum atomic E-state index is -0.406. The van der Waals surface area contributed by atoms with Crippen molar-refractivity contribution in [2.45, 2.75) is 9.67 Å². The first kappa shape index (κ1) is 18.5. The molecule has 1 nitrogen and oxygen atoms in total. The van der Waals surface area contributed by atoms with Crippen LogP contribution in [-0.4, -0.2) is 26.9 Å². The minimum absolute atomic E-state index is 0. The Labute approximate surface area is 96.1 Å². The number of halogens is 6. The number of rotatable bonds is 2. The average Bonchev–Trinajstić information content (AvgIpc) is 1.89. The molecule has 0 aromatic carbocycles. The molecule has 11 heavy (non-hydrogen) atoms. The van der Waals surface area contributed by atoms with Crippen LogP contribution in [0, 0.1) is 0 Å². The van der Waals surface area contributed by atoms with E-state index in [0.29, 0.717) is 11.8 Å². The molecule has 0 aromatic heterocycles. The summed E-state index contributed by atoms with van der Waals surface area (Å²) < 4.78 is 0. The second-order valence-electron chi connectivity index (χ2n) is 1.09. The second-order valence-corrected chi connectivity index (χ2v) is 4.26. The first-order chi connectivity index (χ1) is 4.54. The third kappa shape index (κ3) is 33.9. The van der Waals surface area contributed by atoms with E-state index in [1.165, 1.54) is 0 Å². The summed E-state index contributed by atoms with van der Waals surface area (Å²) in [6.45, 7) is 0. The normalized spacial score (nSPS) is 8.73. The molecule has 7 heteroatoms. The number of hydrogen-bond donors (Lipinski definition) is 0. The van der Waals surface area contributed by atoms with E-state index >= 15 is 0 Å². The molecule has 0 aliphatic carbocycles. The fourth-order valence-corrected chi connectivity index (χ4v) is 0. The fourth-order valence-electron chi connectivity index (χ4n) is 0. The van der Waals surface area contributed by atoms with Gasteiger partial charge in [0.15, 0.2) is 0 Å². The Morgan fingerprint density at radius 2 is 0.818 bits per heavy atom. The van der Waals surface area contributed by atoms with Gasteiger partial charge in [-0.25, -0.2) is 0 Å². The van der Waals surface area contributed by atoms with E-state index in [-0.39, 0.29) is 5.48 Å². The van der Waals surface area contributed by atoms with Crippen molar-refractivity contribution in [1.82, 2.24) is 0 Å². The maximum absolute atomic E-state index is 5.10. The van der Waals surface area contributed by atoms with Crippen molar-refractivity contribution in [3.05, 3.63) is 0 Å². The van der Waals surface area contributed by atoms with Crippen LogP contribution in [0.25, 0.3) is 0 Å². The molecule has 0 saturated carbocycles. The Balaban J connectivity index is -0.000000107. The van der Waals surface area contributed by atoms with Crippen molar-refractivity contribution in [2.75, 3.05) is 11.8 Å². The third-order valence-electron chi connectivity index (χ3n) is 0.233. The van der Waals surface area contributed by atoms with Crippen molar-refractivity contribution in [3.8, 4) is 0 Å². The lowest BCUT2D eigenvalue weighted by Crippen LogP contribution is -1.82. The van der Waals surface area contributed by atoms with Crippen LogP contribution < -0.4 is 0 Å². The van der Waals surface area contributed by atoms with Crippen LogP contribution in [0.1, 0.15) is 0 Å². The quantitative estimate of drug-likeness (QED) is 0.697. The van der Waals surface area contributed by atoms with Crippen LogP contribution in [0.2, 0.25) is 0 Å². The van der Waals surface area contributed by atoms with Gasteiger partial charge in [0.1, 0.15) is 9.67 Å². The van der Waals surface area contributed by atoms with Gasteiger partial charge in [-0.2, -0.15) is 0 Å². The van der Waals surface area contributed by atoms with E-state index in [4.69, 9.17) is 69.6 Å². The van der Waals surface area contributed by atoms with Crippen molar-refractivity contribution in [1.29, 1.82) is 0 Å². The van der Waals surface area contributed by atoms with Crippen molar-refractivity contribution >= 4 is 69.6 Å². The minimum Gasteiger partial charge on any atom is -0.412 e. The van der Waals surface area contributed by atoms with Crippen LogP contribution in [0.5, 0.6) is 0 Å². The Morgan fingerprint density at radius 1 is 0.727 bits per heavy atom. The number of alkyl halides is 6. The Bertz CT molecular complexity index is 50.5. The van der Waals surface area contributed by atoms with E-state index in [0.717, 1.165) is 0 Å². The highest BCUT2D eigenvalue weighted by atomic mass is 35.5. The van der Waals surface area contributed by atoms with Gasteiger partial charge in [-0.05, 0) is 0 Å².